The molecule has 1 aliphatic carbocycles. The Labute approximate surface area is 229 Å². The van der Waals surface area contributed by atoms with Crippen molar-refractivity contribution in [2.45, 2.75) is 111 Å². The van der Waals surface area contributed by atoms with E-state index in [0.717, 1.165) is 0 Å². The van der Waals surface area contributed by atoms with Crippen LogP contribution in [-0.2, 0) is 23.7 Å². The van der Waals surface area contributed by atoms with E-state index in [2.05, 4.69) is 5.32 Å². The van der Waals surface area contributed by atoms with Crippen molar-refractivity contribution in [3.63, 3.8) is 0 Å². The van der Waals surface area contributed by atoms with Crippen molar-refractivity contribution in [3.8, 4) is 0 Å². The summed E-state index contributed by atoms with van der Waals surface area (Å²) in [6.45, 7) is -0.898. The molecule has 2 saturated heterocycles. The molecule has 18 nitrogen and oxygen atoms in total. The Hall–Kier alpha value is -1.17. The molecule has 1 saturated carbocycles. The Bertz CT molecular complexity index is 815. The van der Waals surface area contributed by atoms with Crippen molar-refractivity contribution in [3.05, 3.63) is 0 Å². The molecule has 0 spiro atoms. The van der Waals surface area contributed by atoms with Gasteiger partial charge in [0.1, 0.15) is 67.1 Å². The summed E-state index contributed by atoms with van der Waals surface area (Å²) in [6.07, 6.45) is -19.8. The second-order valence-electron chi connectivity index (χ2n) is 10.3. The van der Waals surface area contributed by atoms with Crippen LogP contribution < -0.4 is 28.3 Å². The van der Waals surface area contributed by atoms with E-state index >= 15 is 0 Å². The Morgan fingerprint density at radius 2 is 1.45 bits per heavy atom. The topological polar surface area (TPSA) is 332 Å². The number of ether oxygens (including phenoxy) is 4. The maximum absolute atomic E-state index is 12.6. The number of amides is 1. The number of hydrogen-bond acceptors (Lipinski definition) is 17. The van der Waals surface area contributed by atoms with Crippen molar-refractivity contribution in [2.24, 2.45) is 22.9 Å². The number of carbonyl (C=O) groups excluding carboxylic acids is 1. The number of rotatable bonds is 10. The van der Waals surface area contributed by atoms with Crippen molar-refractivity contribution in [1.29, 1.82) is 0 Å². The SMILES string of the molecule is NCC[C@H](O)C(=O)N[C@@H]1C[C@@H](N)[C@H](O[C@H]2O[C@@H](CN)[C@@H](O)[C@@H](O)[C@H]2O)[C@H](O)[C@@H]1O[C@H]1O[C@@H](CO)[C@@H](O)[C@@H](N)[C@H]1O. The highest BCUT2D eigenvalue weighted by Crippen LogP contribution is 2.32. The predicted octanol–water partition coefficient (Wildman–Crippen LogP) is -8.42. The van der Waals surface area contributed by atoms with Gasteiger partial charge < -0.3 is 88.1 Å². The van der Waals surface area contributed by atoms with Crippen LogP contribution in [-0.4, -0.2) is 164 Å². The van der Waals surface area contributed by atoms with Gasteiger partial charge in [0, 0.05) is 12.6 Å². The van der Waals surface area contributed by atoms with Crippen LogP contribution in [0.2, 0.25) is 0 Å². The molecule has 0 aromatic carbocycles. The quantitative estimate of drug-likeness (QED) is 0.113. The van der Waals surface area contributed by atoms with Crippen LogP contribution in [0.15, 0.2) is 0 Å². The molecule has 17 N–H and O–H groups in total. The summed E-state index contributed by atoms with van der Waals surface area (Å²) < 4.78 is 22.5. The summed E-state index contributed by atoms with van der Waals surface area (Å²) in [5.41, 5.74) is 23.1. The Kier molecular flexibility index (Phi) is 11.9. The minimum atomic E-state index is -1.76. The highest BCUT2D eigenvalue weighted by Gasteiger charge is 2.52. The van der Waals surface area contributed by atoms with Crippen molar-refractivity contribution < 1.29 is 64.6 Å². The molecule has 40 heavy (non-hydrogen) atoms. The summed E-state index contributed by atoms with van der Waals surface area (Å²) in [6, 6.07) is -3.45. The second kappa shape index (κ2) is 14.3. The monoisotopic (exact) mass is 585 g/mol. The summed E-state index contributed by atoms with van der Waals surface area (Å²) in [4.78, 5) is 12.6. The van der Waals surface area contributed by atoms with E-state index in [1.165, 1.54) is 0 Å². The maximum Gasteiger partial charge on any atom is 0.249 e. The lowest BCUT2D eigenvalue weighted by Gasteiger charge is -2.49. The fourth-order valence-electron chi connectivity index (χ4n) is 5.07. The van der Waals surface area contributed by atoms with Gasteiger partial charge in [0.15, 0.2) is 12.6 Å². The molecule has 0 radical (unpaired) electrons. The summed E-state index contributed by atoms with van der Waals surface area (Å²) in [5, 5.41) is 84.9. The molecule has 2 heterocycles. The van der Waals surface area contributed by atoms with Gasteiger partial charge in [0.2, 0.25) is 5.91 Å². The van der Waals surface area contributed by atoms with Gasteiger partial charge in [-0.3, -0.25) is 4.79 Å². The fourth-order valence-corrected chi connectivity index (χ4v) is 5.07. The molecule has 3 fully saturated rings. The van der Waals surface area contributed by atoms with Gasteiger partial charge in [-0.15, -0.1) is 0 Å². The third-order valence-electron chi connectivity index (χ3n) is 7.51. The van der Waals surface area contributed by atoms with Gasteiger partial charge in [-0.25, -0.2) is 0 Å². The summed E-state index contributed by atoms with van der Waals surface area (Å²) >= 11 is 0. The molecule has 0 aromatic heterocycles. The van der Waals surface area contributed by atoms with Crippen molar-refractivity contribution >= 4 is 5.91 Å². The second-order valence-corrected chi connectivity index (χ2v) is 10.3. The van der Waals surface area contributed by atoms with Crippen LogP contribution in [0.25, 0.3) is 0 Å². The van der Waals surface area contributed by atoms with Crippen LogP contribution in [0.4, 0.5) is 0 Å². The first-order valence-electron chi connectivity index (χ1n) is 13.1. The number of carbonyl (C=O) groups is 1. The first-order chi connectivity index (χ1) is 18.9. The Morgan fingerprint density at radius 3 is 2.05 bits per heavy atom. The van der Waals surface area contributed by atoms with Gasteiger partial charge >= 0.3 is 0 Å². The largest absolute Gasteiger partial charge is 0.394 e. The minimum absolute atomic E-state index is 0.0101. The Balaban J connectivity index is 1.85. The molecule has 234 valence electrons. The van der Waals surface area contributed by atoms with Crippen molar-refractivity contribution in [1.82, 2.24) is 5.32 Å². The maximum atomic E-state index is 12.6. The standard InChI is InChI=1S/C22H43N5O13/c23-2-1-8(29)20(36)27-7-3-6(25)18(39-22-16(34)15(33)13(31)9(4-24)37-22)17(35)19(7)40-21-14(32)11(26)12(30)10(5-28)38-21/h6-19,21-22,28-35H,1-5,23-26H2,(H,27,36)/t6-,7-,8+,9+,10+,11-,12-,13-,14-,15-,16-,17+,18+,19-,21-,22-/m1/s1. The highest BCUT2D eigenvalue weighted by molar-refractivity contribution is 5.80. The lowest BCUT2D eigenvalue weighted by molar-refractivity contribution is -0.332. The number of aliphatic hydroxyl groups excluding tert-OH is 8. The average Bonchev–Trinajstić information content (AvgIpc) is 2.92. The zero-order chi connectivity index (χ0) is 29.9. The molecule has 3 rings (SSSR count). The van der Waals surface area contributed by atoms with E-state index in [0.29, 0.717) is 0 Å². The number of hydrogen-bond donors (Lipinski definition) is 13. The van der Waals surface area contributed by atoms with Gasteiger partial charge in [0.05, 0.1) is 18.7 Å². The third-order valence-corrected chi connectivity index (χ3v) is 7.51. The van der Waals surface area contributed by atoms with Crippen LogP contribution in [0.3, 0.4) is 0 Å². The molecule has 0 unspecified atom stereocenters. The van der Waals surface area contributed by atoms with E-state index in [9.17, 15) is 45.6 Å². The number of aliphatic hydroxyl groups is 8. The van der Waals surface area contributed by atoms with E-state index in [1.807, 2.05) is 0 Å². The minimum Gasteiger partial charge on any atom is -0.394 e. The molecule has 16 atom stereocenters. The molecule has 18 heteroatoms. The molecule has 2 aliphatic heterocycles. The predicted molar refractivity (Wildman–Crippen MR) is 131 cm³/mol. The van der Waals surface area contributed by atoms with Crippen LogP contribution in [0.5, 0.6) is 0 Å². The average molecular weight is 586 g/mol. The van der Waals surface area contributed by atoms with Gasteiger partial charge in [-0.1, -0.05) is 0 Å². The molecule has 0 bridgehead atoms. The Morgan fingerprint density at radius 1 is 0.850 bits per heavy atom. The van der Waals surface area contributed by atoms with E-state index in [1.54, 1.807) is 0 Å². The highest BCUT2D eigenvalue weighted by atomic mass is 16.7. The zero-order valence-corrected chi connectivity index (χ0v) is 21.7. The number of nitrogens with two attached hydrogens (primary N) is 4. The van der Waals surface area contributed by atoms with E-state index in [-0.39, 0.29) is 25.9 Å². The van der Waals surface area contributed by atoms with Crippen LogP contribution >= 0.6 is 0 Å². The molecular weight excluding hydrogens is 542 g/mol. The zero-order valence-electron chi connectivity index (χ0n) is 21.7. The molecule has 0 aromatic rings. The first kappa shape index (κ1) is 33.3. The third kappa shape index (κ3) is 7.06. The van der Waals surface area contributed by atoms with Gasteiger partial charge in [0.25, 0.3) is 0 Å². The van der Waals surface area contributed by atoms with E-state index < -0.39 is 110 Å². The first-order valence-corrected chi connectivity index (χ1v) is 13.1. The lowest BCUT2D eigenvalue weighted by Crippen LogP contribution is -2.69. The number of nitrogens with one attached hydrogen (secondary N) is 1. The molecular formula is C22H43N5O13. The van der Waals surface area contributed by atoms with Crippen LogP contribution in [0, 0.1) is 0 Å². The molecule has 1 amide bonds. The lowest BCUT2D eigenvalue weighted by atomic mass is 9.83. The van der Waals surface area contributed by atoms with E-state index in [4.69, 9.17) is 41.9 Å². The van der Waals surface area contributed by atoms with Crippen molar-refractivity contribution in [2.75, 3.05) is 19.7 Å². The van der Waals surface area contributed by atoms with Crippen LogP contribution in [0.1, 0.15) is 12.8 Å². The molecule has 3 aliphatic rings. The van der Waals surface area contributed by atoms with Gasteiger partial charge in [-0.05, 0) is 19.4 Å². The van der Waals surface area contributed by atoms with Gasteiger partial charge in [-0.2, -0.15) is 0 Å². The normalized spacial score (nSPS) is 47.0. The summed E-state index contributed by atoms with van der Waals surface area (Å²) in [5.74, 6) is -0.845. The summed E-state index contributed by atoms with van der Waals surface area (Å²) in [7, 11) is 0. The fraction of sp³-hybridized carbons (Fsp3) is 0.955. The smallest absolute Gasteiger partial charge is 0.249 e.